The molecule has 0 spiro atoms. The van der Waals surface area contributed by atoms with Crippen LogP contribution in [-0.4, -0.2) is 59.6 Å². The molecule has 6 aromatic carbocycles. The summed E-state index contributed by atoms with van der Waals surface area (Å²) in [5, 5.41) is 0. The first-order valence-corrected chi connectivity index (χ1v) is 35.6. The molecule has 14 nitrogen and oxygen atoms in total. The van der Waals surface area contributed by atoms with Crippen molar-refractivity contribution in [1.29, 1.82) is 0 Å². The summed E-state index contributed by atoms with van der Waals surface area (Å²) in [5.74, 6) is 4.22. The molecule has 0 fully saturated rings. The van der Waals surface area contributed by atoms with E-state index in [9.17, 15) is 0 Å². The van der Waals surface area contributed by atoms with Gasteiger partial charge in [-0.25, -0.2) is 19.9 Å². The van der Waals surface area contributed by atoms with Gasteiger partial charge < -0.3 is 48.4 Å². The third-order valence-corrected chi connectivity index (χ3v) is 18.2. The van der Waals surface area contributed by atoms with E-state index in [1.807, 2.05) is 237 Å². The van der Waals surface area contributed by atoms with E-state index in [0.717, 1.165) is 85.4 Å². The van der Waals surface area contributed by atoms with Crippen LogP contribution in [0.25, 0.3) is 160 Å². The Balaban J connectivity index is 0.00000532. The van der Waals surface area contributed by atoms with Gasteiger partial charge in [0.2, 0.25) is 0 Å². The van der Waals surface area contributed by atoms with Crippen LogP contribution in [-0.2, 0) is 34.1 Å². The van der Waals surface area contributed by atoms with Crippen LogP contribution in [0.5, 0.6) is 34.5 Å². The van der Waals surface area contributed by atoms with E-state index in [1.165, 1.54) is 0 Å². The Morgan fingerprint density at radius 2 is 0.418 bits per heavy atom. The van der Waals surface area contributed by atoms with E-state index in [0.29, 0.717) is 158 Å². The van der Waals surface area contributed by atoms with E-state index in [4.69, 9.17) is 68.3 Å². The molecule has 15 rings (SSSR count). The van der Waals surface area contributed by atoms with Crippen LogP contribution in [0.1, 0.15) is 58.4 Å². The molecule has 11 aromatic rings. The van der Waals surface area contributed by atoms with Gasteiger partial charge in [0.1, 0.15) is 67.5 Å². The zero-order valence-corrected chi connectivity index (χ0v) is 62.0. The summed E-state index contributed by atoms with van der Waals surface area (Å²) >= 11 is 0. The fourth-order valence-electron chi connectivity index (χ4n) is 13.2. The average Bonchev–Trinajstić information content (AvgIpc) is 1.63. The molecular formula is C94H74Cu2N8O6. The number of unbranched alkanes of at least 4 members (excludes halogenated alkanes) is 1. The second kappa shape index (κ2) is 35.2. The summed E-state index contributed by atoms with van der Waals surface area (Å²) in [5.41, 5.74) is 20.9. The normalized spacial score (nSPS) is 11.5. The monoisotopic (exact) mass is 1540 g/mol. The van der Waals surface area contributed by atoms with Crippen LogP contribution in [0.4, 0.5) is 0 Å². The zero-order valence-electron chi connectivity index (χ0n) is 60.1. The standard InChI is InChI=1S/C94H74N8O6.2Cu/c1-7-13-14-60-108-72-37-25-66(26-38-72)94-87-53-49-83(101-87)91(63-19-31-69(32-20-63)105-57-10-4)79-45-41-75(97-79)73-39-43-77(95-73)89(61-15-27-67(28-16-61)103-55-8-2)81-47-51-85(99-81)93(65-23-35-71(36-24-65)107-59-12-6)86-52-48-82(100-86)90(62-17-29-68(30-18-62)104-56-9-3)78-44-40-74(96-78)76-42-46-80(98-76)92(84-50-54-88(94)102-84)64-21-33-70(34-22-64)106-58-11-5;;/h7-12,15-54H,1-6,13-14,55-60H2;;/q-4;2*+2. The molecule has 0 saturated carbocycles. The van der Waals surface area contributed by atoms with Crippen LogP contribution in [0.3, 0.4) is 0 Å². The number of allylic oxidation sites excluding steroid dienone is 1. The quantitative estimate of drug-likeness (QED) is 0.0286. The van der Waals surface area contributed by atoms with Gasteiger partial charge in [0.05, 0.1) is 52.2 Å². The molecule has 16 bridgehead atoms. The minimum atomic E-state index is 0. The Morgan fingerprint density at radius 1 is 0.227 bits per heavy atom. The van der Waals surface area contributed by atoms with E-state index < -0.39 is 0 Å². The summed E-state index contributed by atoms with van der Waals surface area (Å²) in [6, 6.07) is 64.1. The number of benzene rings is 6. The Hall–Kier alpha value is -12.9. The molecule has 9 heterocycles. The number of hydrogen-bond donors (Lipinski definition) is 0. The first kappa shape index (κ1) is 75.3. The first-order valence-electron chi connectivity index (χ1n) is 35.6. The Kier molecular flexibility index (Phi) is 24.1. The fourth-order valence-corrected chi connectivity index (χ4v) is 13.2. The van der Waals surface area contributed by atoms with Crippen molar-refractivity contribution in [3.63, 3.8) is 0 Å². The van der Waals surface area contributed by atoms with Gasteiger partial charge in [0.25, 0.3) is 0 Å². The van der Waals surface area contributed by atoms with Crippen molar-refractivity contribution in [3.05, 3.63) is 316 Å². The molecule has 0 amide bonds. The Bertz CT molecular complexity index is 5560. The average molecular weight is 1540 g/mol. The van der Waals surface area contributed by atoms with Gasteiger partial charge in [-0.15, -0.1) is 28.6 Å². The van der Waals surface area contributed by atoms with Gasteiger partial charge in [0, 0.05) is 11.1 Å². The summed E-state index contributed by atoms with van der Waals surface area (Å²) in [6.07, 6.45) is 28.6. The summed E-state index contributed by atoms with van der Waals surface area (Å²) in [7, 11) is 0. The molecule has 110 heavy (non-hydrogen) atoms. The summed E-state index contributed by atoms with van der Waals surface area (Å²) in [6.45, 7) is 25.6. The number of aromatic nitrogens is 8. The van der Waals surface area contributed by atoms with Gasteiger partial charge in [-0.2, -0.15) is 22.1 Å². The first-order chi connectivity index (χ1) is 53.2. The smallest absolute Gasteiger partial charge is 0.658 e. The molecule has 0 atom stereocenters. The maximum Gasteiger partial charge on any atom is 2.00 e. The third-order valence-electron chi connectivity index (χ3n) is 18.2. The van der Waals surface area contributed by atoms with Gasteiger partial charge in [0.15, 0.2) is 0 Å². The number of hydrogen-bond acceptors (Lipinski definition) is 10. The second-order valence-corrected chi connectivity index (χ2v) is 25.4. The van der Waals surface area contributed by atoms with Gasteiger partial charge in [-0.05, 0) is 190 Å². The van der Waals surface area contributed by atoms with Crippen LogP contribution in [0, 0.1) is 0 Å². The molecular weight excluding hydrogens is 1460 g/mol. The van der Waals surface area contributed by atoms with E-state index in [-0.39, 0.29) is 34.1 Å². The molecule has 0 unspecified atom stereocenters. The largest absolute Gasteiger partial charge is 2.00 e. The van der Waals surface area contributed by atoms with Gasteiger partial charge >= 0.3 is 34.1 Å². The fraction of sp³-hybridized carbons (Fsp3) is 0.0851. The SMILES string of the molecule is C=CCCCOc1ccc(-c2c3nc(c(-c4ccc(OCC=C)cc4)c4ccc([n-]4)c4ccc([n-]4)c(-c4ccc(OCC=C)cc4)c4nc(c(-c5ccc(OCC=C)cc5)c5nc(c(-c6ccc(OCC=C)cc6)c6ccc([n-]6)c6ccc([n-]6)c(-c6ccc(OCC=C)cc6)c6nc2C=C6)C=C5)C=C4)C=C3)cc1.[Cu+2].[Cu+2]. The van der Waals surface area contributed by atoms with E-state index in [1.54, 1.807) is 30.4 Å². The van der Waals surface area contributed by atoms with Crippen molar-refractivity contribution >= 4 is 92.7 Å². The maximum absolute atomic E-state index is 6.24. The van der Waals surface area contributed by atoms with Crippen molar-refractivity contribution in [2.24, 2.45) is 0 Å². The van der Waals surface area contributed by atoms with E-state index >= 15 is 0 Å². The maximum atomic E-state index is 6.24. The number of nitrogens with zero attached hydrogens (tertiary/aromatic N) is 8. The molecule has 5 aromatic heterocycles. The van der Waals surface area contributed by atoms with Gasteiger partial charge in [-0.1, -0.05) is 191 Å². The Labute approximate surface area is 660 Å². The van der Waals surface area contributed by atoms with Crippen molar-refractivity contribution < 1.29 is 62.6 Å². The molecule has 548 valence electrons. The summed E-state index contributed by atoms with van der Waals surface area (Å²) < 4.78 is 36.3. The van der Waals surface area contributed by atoms with Crippen molar-refractivity contribution in [3.8, 4) is 101 Å². The minimum absolute atomic E-state index is 0. The molecule has 4 aliphatic rings. The molecule has 2 radical (unpaired) electrons. The number of fused-ring (bicyclic) bond motifs is 18. The van der Waals surface area contributed by atoms with Crippen LogP contribution in [0.15, 0.2) is 270 Å². The van der Waals surface area contributed by atoms with Crippen LogP contribution >= 0.6 is 0 Å². The number of ether oxygens (including phenoxy) is 6. The predicted molar refractivity (Wildman–Crippen MR) is 441 cm³/mol. The van der Waals surface area contributed by atoms with Gasteiger partial charge in [-0.3, -0.25) is 0 Å². The minimum Gasteiger partial charge on any atom is -0.658 e. The number of rotatable bonds is 26. The third kappa shape index (κ3) is 16.6. The Morgan fingerprint density at radius 3 is 0.627 bits per heavy atom. The summed E-state index contributed by atoms with van der Waals surface area (Å²) in [4.78, 5) is 44.0. The van der Waals surface area contributed by atoms with Crippen LogP contribution < -0.4 is 48.4 Å². The zero-order chi connectivity index (χ0) is 73.7. The van der Waals surface area contributed by atoms with E-state index in [2.05, 4.69) is 51.6 Å². The van der Waals surface area contributed by atoms with Crippen LogP contribution in [0.2, 0.25) is 0 Å². The second-order valence-electron chi connectivity index (χ2n) is 25.4. The topological polar surface area (TPSA) is 163 Å². The predicted octanol–water partition coefficient (Wildman–Crippen LogP) is 21.4. The van der Waals surface area contributed by atoms with Crippen molar-refractivity contribution in [2.45, 2.75) is 12.8 Å². The molecule has 0 saturated heterocycles. The van der Waals surface area contributed by atoms with Crippen molar-refractivity contribution in [2.75, 3.05) is 39.6 Å². The molecule has 4 aliphatic heterocycles. The molecule has 0 N–H and O–H groups in total. The van der Waals surface area contributed by atoms with Crippen molar-refractivity contribution in [1.82, 2.24) is 39.9 Å². The molecule has 16 heteroatoms. The molecule has 0 aliphatic carbocycles.